The molecule has 0 fully saturated rings. The molecule has 0 spiro atoms. The SMILES string of the molecule is CC(C)(C)c1c(F)c(NC(=O)OCCO)nc(OCc2ccc(C#N)cc2F)c1F. The van der Waals surface area contributed by atoms with Gasteiger partial charge in [-0.05, 0) is 17.5 Å². The molecule has 0 atom stereocenters. The summed E-state index contributed by atoms with van der Waals surface area (Å²) in [5, 5.41) is 19.5. The minimum absolute atomic E-state index is 0.0219. The number of nitriles is 1. The highest BCUT2D eigenvalue weighted by molar-refractivity contribution is 5.83. The third-order valence-corrected chi connectivity index (χ3v) is 3.89. The number of hydrogen-bond acceptors (Lipinski definition) is 6. The average Bonchev–Trinajstić information content (AvgIpc) is 2.67. The topological polar surface area (TPSA) is 104 Å². The second kappa shape index (κ2) is 9.45. The number of benzene rings is 1. The predicted octanol–water partition coefficient (Wildman–Crippen LogP) is 3.79. The van der Waals surface area contributed by atoms with Crippen LogP contribution >= 0.6 is 0 Å². The van der Waals surface area contributed by atoms with Crippen molar-refractivity contribution in [3.63, 3.8) is 0 Å². The van der Waals surface area contributed by atoms with Gasteiger partial charge in [-0.3, -0.25) is 5.32 Å². The molecule has 30 heavy (non-hydrogen) atoms. The molecule has 1 aromatic carbocycles. The van der Waals surface area contributed by atoms with Gasteiger partial charge in [-0.25, -0.2) is 18.0 Å². The maximum absolute atomic E-state index is 14.9. The van der Waals surface area contributed by atoms with E-state index in [1.54, 1.807) is 26.8 Å². The molecule has 0 aliphatic rings. The van der Waals surface area contributed by atoms with Crippen LogP contribution in [0.2, 0.25) is 0 Å². The Morgan fingerprint density at radius 2 is 1.97 bits per heavy atom. The van der Waals surface area contributed by atoms with Gasteiger partial charge in [0.1, 0.15) is 19.0 Å². The van der Waals surface area contributed by atoms with E-state index in [1.165, 1.54) is 12.1 Å². The number of rotatable bonds is 6. The van der Waals surface area contributed by atoms with Gasteiger partial charge < -0.3 is 14.6 Å². The summed E-state index contributed by atoms with van der Waals surface area (Å²) in [6.45, 7) is 3.42. The number of ether oxygens (including phenoxy) is 2. The Hall–Kier alpha value is -3.32. The number of nitrogens with one attached hydrogen (secondary N) is 1. The molecule has 2 aromatic rings. The predicted molar refractivity (Wildman–Crippen MR) is 100 cm³/mol. The van der Waals surface area contributed by atoms with Gasteiger partial charge in [-0.1, -0.05) is 26.8 Å². The fourth-order valence-corrected chi connectivity index (χ4v) is 2.51. The maximum atomic E-state index is 14.9. The number of pyridine rings is 1. The third kappa shape index (κ3) is 5.39. The van der Waals surface area contributed by atoms with Crippen LogP contribution in [0.5, 0.6) is 5.88 Å². The third-order valence-electron chi connectivity index (χ3n) is 3.89. The molecule has 0 aliphatic heterocycles. The zero-order valence-electron chi connectivity index (χ0n) is 16.6. The second-order valence-electron chi connectivity index (χ2n) is 7.21. The van der Waals surface area contributed by atoms with E-state index in [9.17, 15) is 18.0 Å². The first-order chi connectivity index (χ1) is 14.1. The highest BCUT2D eigenvalue weighted by Gasteiger charge is 2.30. The van der Waals surface area contributed by atoms with Gasteiger partial charge in [0.05, 0.1) is 18.2 Å². The largest absolute Gasteiger partial charge is 0.471 e. The molecule has 10 heteroatoms. The first kappa shape index (κ1) is 23.0. The lowest BCUT2D eigenvalue weighted by Gasteiger charge is -2.23. The highest BCUT2D eigenvalue weighted by Crippen LogP contribution is 2.35. The number of aromatic nitrogens is 1. The van der Waals surface area contributed by atoms with Crippen molar-refractivity contribution in [2.24, 2.45) is 0 Å². The minimum atomic E-state index is -1.11. The first-order valence-corrected chi connectivity index (χ1v) is 8.84. The van der Waals surface area contributed by atoms with E-state index in [0.717, 1.165) is 6.07 Å². The fraction of sp³-hybridized carbons (Fsp3) is 0.350. The summed E-state index contributed by atoms with van der Waals surface area (Å²) < 4.78 is 53.7. The summed E-state index contributed by atoms with van der Waals surface area (Å²) >= 11 is 0. The van der Waals surface area contributed by atoms with Crippen molar-refractivity contribution in [1.29, 1.82) is 5.26 Å². The average molecular weight is 423 g/mol. The smallest absolute Gasteiger partial charge is 0.412 e. The summed E-state index contributed by atoms with van der Waals surface area (Å²) in [5.41, 5.74) is -1.30. The number of aliphatic hydroxyl groups excluding tert-OH is 1. The van der Waals surface area contributed by atoms with E-state index in [1.807, 2.05) is 5.32 Å². The fourth-order valence-electron chi connectivity index (χ4n) is 2.51. The van der Waals surface area contributed by atoms with E-state index >= 15 is 0 Å². The van der Waals surface area contributed by atoms with Crippen molar-refractivity contribution in [3.8, 4) is 11.9 Å². The van der Waals surface area contributed by atoms with Crippen LogP contribution in [0.1, 0.15) is 37.5 Å². The van der Waals surface area contributed by atoms with Gasteiger partial charge in [-0.2, -0.15) is 10.2 Å². The van der Waals surface area contributed by atoms with Crippen LogP contribution in [0, 0.1) is 28.8 Å². The van der Waals surface area contributed by atoms with Gasteiger partial charge in [0, 0.05) is 11.1 Å². The Bertz CT molecular complexity index is 985. The maximum Gasteiger partial charge on any atom is 0.412 e. The molecule has 0 bridgehead atoms. The standard InChI is InChI=1S/C20H20F3N3O4/c1-20(2,3)14-15(22)17(26-19(28)29-7-6-27)25-18(16(14)23)30-10-12-5-4-11(9-24)8-13(12)21/h4-5,8,27H,6-7,10H2,1-3H3,(H,25,26,28). The lowest BCUT2D eigenvalue weighted by molar-refractivity contribution is 0.131. The summed E-state index contributed by atoms with van der Waals surface area (Å²) in [6, 6.07) is 5.44. The molecular weight excluding hydrogens is 403 g/mol. The summed E-state index contributed by atoms with van der Waals surface area (Å²) in [6.07, 6.45) is -1.11. The van der Waals surface area contributed by atoms with Crippen molar-refractivity contribution < 1.29 is 32.5 Å². The zero-order valence-corrected chi connectivity index (χ0v) is 16.6. The zero-order chi connectivity index (χ0) is 22.5. The number of hydrogen-bond donors (Lipinski definition) is 2. The summed E-state index contributed by atoms with van der Waals surface area (Å²) in [7, 11) is 0. The van der Waals surface area contributed by atoms with Crippen LogP contribution in [0.4, 0.5) is 23.8 Å². The Morgan fingerprint density at radius 1 is 1.27 bits per heavy atom. The first-order valence-electron chi connectivity index (χ1n) is 8.84. The van der Waals surface area contributed by atoms with Crippen molar-refractivity contribution >= 4 is 11.9 Å². The Kier molecular flexibility index (Phi) is 7.24. The van der Waals surface area contributed by atoms with Crippen LogP contribution < -0.4 is 10.1 Å². The summed E-state index contributed by atoms with van der Waals surface area (Å²) in [4.78, 5) is 15.4. The Balaban J connectivity index is 2.39. The van der Waals surface area contributed by atoms with Gasteiger partial charge >= 0.3 is 6.09 Å². The van der Waals surface area contributed by atoms with Crippen LogP contribution in [0.3, 0.4) is 0 Å². The van der Waals surface area contributed by atoms with Gasteiger partial charge in [0.25, 0.3) is 5.88 Å². The molecule has 7 nitrogen and oxygen atoms in total. The molecule has 0 saturated carbocycles. The number of carbonyl (C=O) groups is 1. The van der Waals surface area contributed by atoms with Gasteiger partial charge in [-0.15, -0.1) is 0 Å². The lowest BCUT2D eigenvalue weighted by Crippen LogP contribution is -2.23. The molecule has 160 valence electrons. The molecule has 0 unspecified atom stereocenters. The highest BCUT2D eigenvalue weighted by atomic mass is 19.1. The Morgan fingerprint density at radius 3 is 2.53 bits per heavy atom. The second-order valence-corrected chi connectivity index (χ2v) is 7.21. The monoisotopic (exact) mass is 423 g/mol. The molecule has 0 saturated heterocycles. The number of halogens is 3. The van der Waals surface area contributed by atoms with E-state index in [-0.39, 0.29) is 17.7 Å². The molecule has 2 rings (SSSR count). The van der Waals surface area contributed by atoms with Crippen LogP contribution in [-0.4, -0.2) is 29.4 Å². The number of aliphatic hydroxyl groups is 1. The number of anilines is 1. The van der Waals surface area contributed by atoms with E-state index in [2.05, 4.69) is 9.72 Å². The normalized spacial score (nSPS) is 11.0. The lowest BCUT2D eigenvalue weighted by atomic mass is 9.86. The van der Waals surface area contributed by atoms with E-state index in [4.69, 9.17) is 15.1 Å². The summed E-state index contributed by atoms with van der Waals surface area (Å²) in [5.74, 6) is -4.23. The van der Waals surface area contributed by atoms with Gasteiger partial charge in [0.2, 0.25) is 0 Å². The van der Waals surface area contributed by atoms with Crippen molar-refractivity contribution in [2.75, 3.05) is 18.5 Å². The molecule has 2 N–H and O–H groups in total. The number of nitrogens with zero attached hydrogens (tertiary/aromatic N) is 2. The van der Waals surface area contributed by atoms with Crippen molar-refractivity contribution in [1.82, 2.24) is 4.98 Å². The van der Waals surface area contributed by atoms with E-state index in [0.29, 0.717) is 0 Å². The molecule has 1 amide bonds. The van der Waals surface area contributed by atoms with Crippen LogP contribution in [-0.2, 0) is 16.8 Å². The van der Waals surface area contributed by atoms with Crippen molar-refractivity contribution in [3.05, 3.63) is 52.3 Å². The Labute approximate surface area is 171 Å². The minimum Gasteiger partial charge on any atom is -0.471 e. The molecule has 0 radical (unpaired) electrons. The number of amides is 1. The van der Waals surface area contributed by atoms with Crippen LogP contribution in [0.15, 0.2) is 18.2 Å². The van der Waals surface area contributed by atoms with Crippen LogP contribution in [0.25, 0.3) is 0 Å². The molecule has 1 aromatic heterocycles. The molecule has 0 aliphatic carbocycles. The molecular formula is C20H20F3N3O4. The quantitative estimate of drug-likeness (QED) is 0.733. The van der Waals surface area contributed by atoms with E-state index < -0.39 is 59.4 Å². The number of carbonyl (C=O) groups excluding carboxylic acids is 1. The van der Waals surface area contributed by atoms with Gasteiger partial charge in [0.15, 0.2) is 17.5 Å². The molecule has 1 heterocycles. The van der Waals surface area contributed by atoms with Crippen molar-refractivity contribution in [2.45, 2.75) is 32.8 Å².